The normalized spacial score (nSPS) is 24.7. The molecule has 2 heterocycles. The third-order valence-corrected chi connectivity index (χ3v) is 4.78. The molecule has 2 aliphatic rings. The number of carbonyl (C=O) groups is 1. The van der Waals surface area contributed by atoms with Crippen molar-refractivity contribution in [3.63, 3.8) is 0 Å². The van der Waals surface area contributed by atoms with Gasteiger partial charge >= 0.3 is 0 Å². The lowest BCUT2D eigenvalue weighted by Crippen LogP contribution is -2.35. The van der Waals surface area contributed by atoms with E-state index in [1.165, 1.54) is 12.0 Å². The Kier molecular flexibility index (Phi) is 3.43. The molecule has 2 aliphatic heterocycles. The number of nitrogens with zero attached hydrogens (tertiary/aromatic N) is 2. The van der Waals surface area contributed by atoms with Crippen molar-refractivity contribution in [1.82, 2.24) is 9.80 Å². The molecule has 0 unspecified atom stereocenters. The number of amides is 1. The number of benzene rings is 2. The van der Waals surface area contributed by atoms with Crippen LogP contribution in [0, 0.1) is 0 Å². The van der Waals surface area contributed by atoms with E-state index in [4.69, 9.17) is 0 Å². The third kappa shape index (κ3) is 2.22. The second kappa shape index (κ2) is 5.58. The van der Waals surface area contributed by atoms with Crippen LogP contribution in [0.4, 0.5) is 0 Å². The van der Waals surface area contributed by atoms with Crippen LogP contribution in [0.15, 0.2) is 60.7 Å². The van der Waals surface area contributed by atoms with E-state index in [9.17, 15) is 4.79 Å². The first-order chi connectivity index (χ1) is 10.8. The average Bonchev–Trinajstić information content (AvgIpc) is 3.12. The van der Waals surface area contributed by atoms with Gasteiger partial charge in [0.05, 0.1) is 6.17 Å². The van der Waals surface area contributed by atoms with E-state index in [2.05, 4.69) is 34.1 Å². The Morgan fingerprint density at radius 3 is 2.36 bits per heavy atom. The molecule has 0 aromatic heterocycles. The summed E-state index contributed by atoms with van der Waals surface area (Å²) >= 11 is 0. The molecule has 1 amide bonds. The lowest BCUT2D eigenvalue weighted by Gasteiger charge is -2.24. The Hall–Kier alpha value is -2.13. The molecule has 0 spiro atoms. The van der Waals surface area contributed by atoms with Crippen molar-refractivity contribution >= 4 is 5.91 Å². The molecule has 0 saturated carbocycles. The van der Waals surface area contributed by atoms with Gasteiger partial charge < -0.3 is 4.90 Å². The van der Waals surface area contributed by atoms with Crippen molar-refractivity contribution in [2.24, 2.45) is 0 Å². The van der Waals surface area contributed by atoms with Gasteiger partial charge in [-0.3, -0.25) is 9.69 Å². The summed E-state index contributed by atoms with van der Waals surface area (Å²) in [4.78, 5) is 17.5. The summed E-state index contributed by atoms with van der Waals surface area (Å²) in [6, 6.07) is 20.4. The fraction of sp³-hybridized carbons (Fsp3) is 0.316. The van der Waals surface area contributed by atoms with Crippen molar-refractivity contribution in [2.45, 2.75) is 31.6 Å². The highest BCUT2D eigenvalue weighted by molar-refractivity contribution is 5.85. The van der Waals surface area contributed by atoms with E-state index < -0.39 is 0 Å². The Balaban J connectivity index is 1.64. The highest BCUT2D eigenvalue weighted by Crippen LogP contribution is 2.39. The minimum absolute atomic E-state index is 0.0996. The molecule has 0 aliphatic carbocycles. The number of rotatable bonds is 3. The lowest BCUT2D eigenvalue weighted by atomic mass is 10.1. The van der Waals surface area contributed by atoms with Gasteiger partial charge in [0.15, 0.2) is 0 Å². The van der Waals surface area contributed by atoms with Gasteiger partial charge in [-0.1, -0.05) is 60.7 Å². The minimum Gasteiger partial charge on any atom is -0.321 e. The molecule has 22 heavy (non-hydrogen) atoms. The van der Waals surface area contributed by atoms with Crippen LogP contribution in [0.25, 0.3) is 0 Å². The monoisotopic (exact) mass is 292 g/mol. The van der Waals surface area contributed by atoms with E-state index in [-0.39, 0.29) is 18.1 Å². The number of hydrogen-bond donors (Lipinski definition) is 0. The fourth-order valence-electron chi connectivity index (χ4n) is 3.79. The van der Waals surface area contributed by atoms with Crippen molar-refractivity contribution < 1.29 is 4.79 Å². The number of carbonyl (C=O) groups excluding carboxylic acids is 1. The summed E-state index contributed by atoms with van der Waals surface area (Å²) in [7, 11) is 0. The van der Waals surface area contributed by atoms with E-state index >= 15 is 0 Å². The zero-order chi connectivity index (χ0) is 14.9. The van der Waals surface area contributed by atoms with Crippen LogP contribution in [-0.4, -0.2) is 28.4 Å². The molecule has 112 valence electrons. The summed E-state index contributed by atoms with van der Waals surface area (Å²) in [6.07, 6.45) is 2.52. The van der Waals surface area contributed by atoms with Crippen LogP contribution in [0.1, 0.15) is 30.0 Å². The first-order valence-electron chi connectivity index (χ1n) is 8.00. The van der Waals surface area contributed by atoms with Gasteiger partial charge in [0, 0.05) is 13.1 Å². The maximum absolute atomic E-state index is 13.0. The SMILES string of the molecule is O=C1[C@@H](c2ccccc2)N2CCC[C@@H]2N1Cc1ccccc1. The Bertz CT molecular complexity index is 656. The van der Waals surface area contributed by atoms with Crippen LogP contribution < -0.4 is 0 Å². The minimum atomic E-state index is -0.0996. The van der Waals surface area contributed by atoms with Crippen LogP contribution in [-0.2, 0) is 11.3 Å². The van der Waals surface area contributed by atoms with Gasteiger partial charge in [-0.2, -0.15) is 0 Å². The zero-order valence-corrected chi connectivity index (χ0v) is 12.6. The standard InChI is InChI=1S/C19H20N2O/c22-19-18(16-10-5-2-6-11-16)20-13-7-12-17(20)21(19)14-15-8-3-1-4-9-15/h1-6,8-11,17-18H,7,12-14H2/t17-,18+/m0/s1. The molecule has 2 fully saturated rings. The molecule has 3 nitrogen and oxygen atoms in total. The van der Waals surface area contributed by atoms with Crippen LogP contribution in [0.5, 0.6) is 0 Å². The van der Waals surface area contributed by atoms with Gasteiger partial charge in [0.1, 0.15) is 6.04 Å². The second-order valence-corrected chi connectivity index (χ2v) is 6.13. The molecule has 0 N–H and O–H groups in total. The molecule has 2 aromatic rings. The van der Waals surface area contributed by atoms with Gasteiger partial charge in [0.2, 0.25) is 5.91 Å². The summed E-state index contributed by atoms with van der Waals surface area (Å²) in [5.74, 6) is 0.250. The second-order valence-electron chi connectivity index (χ2n) is 6.13. The smallest absolute Gasteiger partial charge is 0.246 e. The van der Waals surface area contributed by atoms with Crippen molar-refractivity contribution in [1.29, 1.82) is 0 Å². The van der Waals surface area contributed by atoms with Gasteiger partial charge in [-0.25, -0.2) is 0 Å². The van der Waals surface area contributed by atoms with Crippen molar-refractivity contribution in [2.75, 3.05) is 6.54 Å². The average molecular weight is 292 g/mol. The van der Waals surface area contributed by atoms with Crippen LogP contribution in [0.3, 0.4) is 0 Å². The molecular weight excluding hydrogens is 272 g/mol. The first-order valence-corrected chi connectivity index (χ1v) is 8.00. The quantitative estimate of drug-likeness (QED) is 0.867. The van der Waals surface area contributed by atoms with E-state index in [0.717, 1.165) is 18.5 Å². The van der Waals surface area contributed by atoms with Gasteiger partial charge in [0.25, 0.3) is 0 Å². The summed E-state index contributed by atoms with van der Waals surface area (Å²) in [5, 5.41) is 0. The molecule has 2 atom stereocenters. The topological polar surface area (TPSA) is 23.6 Å². The largest absolute Gasteiger partial charge is 0.321 e. The van der Waals surface area contributed by atoms with E-state index in [1.54, 1.807) is 0 Å². The van der Waals surface area contributed by atoms with Crippen molar-refractivity contribution in [3.05, 3.63) is 71.8 Å². The maximum atomic E-state index is 13.0. The molecule has 0 radical (unpaired) electrons. The summed E-state index contributed by atoms with van der Waals surface area (Å²) < 4.78 is 0. The summed E-state index contributed by atoms with van der Waals surface area (Å²) in [5.41, 5.74) is 2.33. The van der Waals surface area contributed by atoms with Crippen LogP contribution in [0.2, 0.25) is 0 Å². The summed E-state index contributed by atoms with van der Waals surface area (Å²) in [6.45, 7) is 1.73. The maximum Gasteiger partial charge on any atom is 0.246 e. The molecule has 4 rings (SSSR count). The first kappa shape index (κ1) is 13.5. The highest BCUT2D eigenvalue weighted by Gasteiger charge is 2.48. The highest BCUT2D eigenvalue weighted by atomic mass is 16.2. The van der Waals surface area contributed by atoms with Crippen LogP contribution >= 0.6 is 0 Å². The number of hydrogen-bond acceptors (Lipinski definition) is 2. The Labute approximate surface area is 131 Å². The molecule has 3 heteroatoms. The lowest BCUT2D eigenvalue weighted by molar-refractivity contribution is -0.131. The Morgan fingerprint density at radius 1 is 0.955 bits per heavy atom. The van der Waals surface area contributed by atoms with E-state index in [0.29, 0.717) is 6.54 Å². The Morgan fingerprint density at radius 2 is 1.64 bits per heavy atom. The fourth-order valence-corrected chi connectivity index (χ4v) is 3.79. The predicted octanol–water partition coefficient (Wildman–Crippen LogP) is 3.19. The van der Waals surface area contributed by atoms with Crippen molar-refractivity contribution in [3.8, 4) is 0 Å². The molecular formula is C19H20N2O. The van der Waals surface area contributed by atoms with Gasteiger partial charge in [-0.15, -0.1) is 0 Å². The molecule has 0 bridgehead atoms. The van der Waals surface area contributed by atoms with Gasteiger partial charge in [-0.05, 0) is 24.0 Å². The van der Waals surface area contributed by atoms with E-state index in [1.807, 2.05) is 36.4 Å². The molecule has 2 saturated heterocycles. The molecule has 2 aromatic carbocycles. The third-order valence-electron chi connectivity index (χ3n) is 4.78. The number of fused-ring (bicyclic) bond motifs is 1. The zero-order valence-electron chi connectivity index (χ0n) is 12.6. The predicted molar refractivity (Wildman–Crippen MR) is 85.9 cm³/mol.